The number of aliphatic hydroxyl groups excluding tert-OH is 1. The molecule has 1 rings (SSSR count). The van der Waals surface area contributed by atoms with Crippen LogP contribution in [-0.2, 0) is 9.53 Å². The number of aliphatic hydroxyl groups is 1. The molecule has 1 heterocycles. The van der Waals surface area contributed by atoms with Crippen LogP contribution < -0.4 is 0 Å². The summed E-state index contributed by atoms with van der Waals surface area (Å²) in [5.74, 6) is -0.219. The van der Waals surface area contributed by atoms with Crippen LogP contribution in [-0.4, -0.2) is 18.2 Å². The Morgan fingerprint density at radius 1 is 1.71 bits per heavy atom. The molecule has 1 aromatic rings. The lowest BCUT2D eigenvalue weighted by atomic mass is 10.1. The molecule has 0 fully saturated rings. The van der Waals surface area contributed by atoms with Gasteiger partial charge in [-0.05, 0) is 24.3 Å². The van der Waals surface area contributed by atoms with Gasteiger partial charge in [-0.1, -0.05) is 6.07 Å². The normalized spacial score (nSPS) is 12.4. The van der Waals surface area contributed by atoms with E-state index < -0.39 is 6.10 Å². The third-order valence-corrected chi connectivity index (χ3v) is 2.93. The van der Waals surface area contributed by atoms with Crippen LogP contribution in [0.4, 0.5) is 0 Å². The second-order valence-corrected chi connectivity index (χ2v) is 3.98. The smallest absolute Gasteiger partial charge is 0.305 e. The highest BCUT2D eigenvalue weighted by atomic mass is 32.1. The van der Waals surface area contributed by atoms with Gasteiger partial charge in [-0.2, -0.15) is 0 Å². The van der Waals surface area contributed by atoms with Gasteiger partial charge >= 0.3 is 5.97 Å². The standard InChI is InChI=1S/C10H14O3S/c1-13-10(12)6-2-4-8(11)9-5-3-7-14-9/h3,5,7-8,11H,2,4,6H2,1H3. The Balaban J connectivity index is 2.22. The number of ether oxygens (including phenoxy) is 1. The quantitative estimate of drug-likeness (QED) is 0.764. The minimum Gasteiger partial charge on any atom is -0.469 e. The van der Waals surface area contributed by atoms with E-state index in [-0.39, 0.29) is 5.97 Å². The van der Waals surface area contributed by atoms with Crippen LogP contribution in [0.15, 0.2) is 17.5 Å². The zero-order valence-corrected chi connectivity index (χ0v) is 8.92. The lowest BCUT2D eigenvalue weighted by Gasteiger charge is -2.06. The van der Waals surface area contributed by atoms with Crippen molar-refractivity contribution in [2.45, 2.75) is 25.4 Å². The maximum Gasteiger partial charge on any atom is 0.305 e. The molecule has 1 N–H and O–H groups in total. The van der Waals surface area contributed by atoms with Crippen molar-refractivity contribution in [1.82, 2.24) is 0 Å². The number of carbonyl (C=O) groups is 1. The average molecular weight is 214 g/mol. The van der Waals surface area contributed by atoms with E-state index in [0.29, 0.717) is 19.3 Å². The summed E-state index contributed by atoms with van der Waals surface area (Å²) in [6.07, 6.45) is 1.19. The Kier molecular flexibility index (Phi) is 4.62. The molecule has 14 heavy (non-hydrogen) atoms. The number of carbonyl (C=O) groups excluding carboxylic acids is 1. The van der Waals surface area contributed by atoms with E-state index in [1.165, 1.54) is 18.4 Å². The summed E-state index contributed by atoms with van der Waals surface area (Å²) in [6.45, 7) is 0. The van der Waals surface area contributed by atoms with Gasteiger partial charge in [0.2, 0.25) is 0 Å². The first-order valence-corrected chi connectivity index (χ1v) is 5.40. The minimum atomic E-state index is -0.445. The summed E-state index contributed by atoms with van der Waals surface area (Å²) in [7, 11) is 1.37. The maximum atomic E-state index is 10.8. The molecule has 3 nitrogen and oxygen atoms in total. The molecule has 1 aromatic heterocycles. The number of hydrogen-bond acceptors (Lipinski definition) is 4. The predicted octanol–water partition coefficient (Wildman–Crippen LogP) is 2.12. The summed E-state index contributed by atoms with van der Waals surface area (Å²) in [5, 5.41) is 11.6. The number of thiophene rings is 1. The van der Waals surface area contributed by atoms with Crippen molar-refractivity contribution >= 4 is 17.3 Å². The molecule has 0 saturated carbocycles. The van der Waals surface area contributed by atoms with Crippen molar-refractivity contribution < 1.29 is 14.6 Å². The van der Waals surface area contributed by atoms with Crippen LogP contribution in [0.5, 0.6) is 0 Å². The van der Waals surface area contributed by atoms with Gasteiger partial charge in [-0.3, -0.25) is 4.79 Å². The molecule has 0 aromatic carbocycles. The third-order valence-electron chi connectivity index (χ3n) is 1.96. The summed E-state index contributed by atoms with van der Waals surface area (Å²) in [6, 6.07) is 3.80. The third kappa shape index (κ3) is 3.47. The molecule has 4 heteroatoms. The van der Waals surface area contributed by atoms with Crippen LogP contribution >= 0.6 is 11.3 Å². The first-order chi connectivity index (χ1) is 6.74. The maximum absolute atomic E-state index is 10.8. The van der Waals surface area contributed by atoms with Crippen molar-refractivity contribution in [1.29, 1.82) is 0 Å². The van der Waals surface area contributed by atoms with Crippen LogP contribution in [0.25, 0.3) is 0 Å². The van der Waals surface area contributed by atoms with E-state index in [2.05, 4.69) is 4.74 Å². The summed E-state index contributed by atoms with van der Waals surface area (Å²) < 4.78 is 4.50. The van der Waals surface area contributed by atoms with E-state index >= 15 is 0 Å². The number of rotatable bonds is 5. The fourth-order valence-corrected chi connectivity index (χ4v) is 1.91. The van der Waals surface area contributed by atoms with Crippen LogP contribution in [0.1, 0.15) is 30.2 Å². The number of esters is 1. The molecule has 0 spiro atoms. The highest BCUT2D eigenvalue weighted by molar-refractivity contribution is 7.10. The number of hydrogen-bond donors (Lipinski definition) is 1. The molecular formula is C10H14O3S. The Morgan fingerprint density at radius 2 is 2.50 bits per heavy atom. The molecule has 0 radical (unpaired) electrons. The van der Waals surface area contributed by atoms with Crippen molar-refractivity contribution in [3.63, 3.8) is 0 Å². The first kappa shape index (κ1) is 11.2. The second-order valence-electron chi connectivity index (χ2n) is 3.00. The van der Waals surface area contributed by atoms with Gasteiger partial charge < -0.3 is 9.84 Å². The molecular weight excluding hydrogens is 200 g/mol. The number of methoxy groups -OCH3 is 1. The van der Waals surface area contributed by atoms with E-state index in [1.807, 2.05) is 17.5 Å². The minimum absolute atomic E-state index is 0.219. The Morgan fingerprint density at radius 3 is 3.07 bits per heavy atom. The van der Waals surface area contributed by atoms with Gasteiger partial charge in [0, 0.05) is 11.3 Å². The summed E-state index contributed by atoms with van der Waals surface area (Å²) >= 11 is 1.53. The average Bonchev–Trinajstić information content (AvgIpc) is 2.70. The highest BCUT2D eigenvalue weighted by Gasteiger charge is 2.09. The SMILES string of the molecule is COC(=O)CCCC(O)c1cccs1. The molecule has 78 valence electrons. The Hall–Kier alpha value is -0.870. The van der Waals surface area contributed by atoms with Crippen LogP contribution in [0.2, 0.25) is 0 Å². The van der Waals surface area contributed by atoms with Gasteiger partial charge in [0.1, 0.15) is 0 Å². The zero-order chi connectivity index (χ0) is 10.4. The van der Waals surface area contributed by atoms with E-state index in [4.69, 9.17) is 0 Å². The largest absolute Gasteiger partial charge is 0.469 e. The van der Waals surface area contributed by atoms with Crippen molar-refractivity contribution in [3.8, 4) is 0 Å². The lowest BCUT2D eigenvalue weighted by Crippen LogP contribution is -2.01. The van der Waals surface area contributed by atoms with Crippen molar-refractivity contribution in [2.75, 3.05) is 7.11 Å². The summed E-state index contributed by atoms with van der Waals surface area (Å²) in [4.78, 5) is 11.7. The molecule has 1 unspecified atom stereocenters. The van der Waals surface area contributed by atoms with E-state index in [9.17, 15) is 9.90 Å². The predicted molar refractivity (Wildman–Crippen MR) is 55.1 cm³/mol. The molecule has 0 amide bonds. The molecule has 0 aliphatic rings. The van der Waals surface area contributed by atoms with Crippen LogP contribution in [0, 0.1) is 0 Å². The Bertz CT molecular complexity index is 269. The molecule has 0 aliphatic heterocycles. The van der Waals surface area contributed by atoms with Gasteiger partial charge in [-0.15, -0.1) is 11.3 Å². The van der Waals surface area contributed by atoms with E-state index in [0.717, 1.165) is 4.88 Å². The topological polar surface area (TPSA) is 46.5 Å². The van der Waals surface area contributed by atoms with E-state index in [1.54, 1.807) is 0 Å². The van der Waals surface area contributed by atoms with Gasteiger partial charge in [0.25, 0.3) is 0 Å². The first-order valence-electron chi connectivity index (χ1n) is 4.52. The fraction of sp³-hybridized carbons (Fsp3) is 0.500. The second kappa shape index (κ2) is 5.78. The van der Waals surface area contributed by atoms with Crippen molar-refractivity contribution in [3.05, 3.63) is 22.4 Å². The molecule has 0 aliphatic carbocycles. The molecule has 0 saturated heterocycles. The zero-order valence-electron chi connectivity index (χ0n) is 8.10. The molecule has 1 atom stereocenters. The highest BCUT2D eigenvalue weighted by Crippen LogP contribution is 2.23. The van der Waals surface area contributed by atoms with Gasteiger partial charge in [0.15, 0.2) is 0 Å². The lowest BCUT2D eigenvalue weighted by molar-refractivity contribution is -0.140. The van der Waals surface area contributed by atoms with Crippen LogP contribution in [0.3, 0.4) is 0 Å². The summed E-state index contributed by atoms with van der Waals surface area (Å²) in [5.41, 5.74) is 0. The van der Waals surface area contributed by atoms with Gasteiger partial charge in [0.05, 0.1) is 13.2 Å². The van der Waals surface area contributed by atoms with Gasteiger partial charge in [-0.25, -0.2) is 0 Å². The monoisotopic (exact) mass is 214 g/mol. The Labute approximate surface area is 87.3 Å². The van der Waals surface area contributed by atoms with Crippen molar-refractivity contribution in [2.24, 2.45) is 0 Å². The fourth-order valence-electron chi connectivity index (χ4n) is 1.16. The molecule has 0 bridgehead atoms.